The van der Waals surface area contributed by atoms with E-state index in [0.29, 0.717) is 24.5 Å². The molecule has 1 heterocycles. The molecule has 1 aliphatic heterocycles. The van der Waals surface area contributed by atoms with Gasteiger partial charge in [-0.15, -0.1) is 0 Å². The van der Waals surface area contributed by atoms with E-state index in [1.165, 1.54) is 5.56 Å². The minimum atomic E-state index is -0.0105. The highest BCUT2D eigenvalue weighted by atomic mass is 35.5. The van der Waals surface area contributed by atoms with E-state index >= 15 is 0 Å². The predicted octanol–water partition coefficient (Wildman–Crippen LogP) is 3.80. The van der Waals surface area contributed by atoms with Gasteiger partial charge >= 0.3 is 0 Å². The summed E-state index contributed by atoms with van der Waals surface area (Å²) in [6, 6.07) is 19.6. The van der Waals surface area contributed by atoms with Gasteiger partial charge < -0.3 is 15.4 Å². The van der Waals surface area contributed by atoms with Gasteiger partial charge in [0.15, 0.2) is 6.61 Å². The molecule has 0 bridgehead atoms. The molecule has 0 saturated carbocycles. The average molecular weight is 410 g/mol. The lowest BCUT2D eigenvalue weighted by Gasteiger charge is -2.34. The summed E-state index contributed by atoms with van der Waals surface area (Å²) in [5, 5.41) is 2.84. The van der Waals surface area contributed by atoms with Crippen molar-refractivity contribution in [1.82, 2.24) is 9.80 Å². The van der Waals surface area contributed by atoms with Gasteiger partial charge in [-0.3, -0.25) is 9.69 Å². The first-order valence-electron chi connectivity index (χ1n) is 9.74. The second-order valence-electron chi connectivity index (χ2n) is 7.31. The number of carbonyl (C=O) groups is 1. The van der Waals surface area contributed by atoms with Crippen molar-refractivity contribution < 1.29 is 9.53 Å². The topological polar surface area (TPSA) is 58.8 Å². The Balaban J connectivity index is 1.29. The summed E-state index contributed by atoms with van der Waals surface area (Å²) in [5.41, 5.74) is 7.86. The molecule has 2 N–H and O–H groups in total. The third-order valence-electron chi connectivity index (χ3n) is 5.27. The fourth-order valence-electron chi connectivity index (χ4n) is 3.60. The second-order valence-corrected chi connectivity index (χ2v) is 7.75. The van der Waals surface area contributed by atoms with Crippen molar-refractivity contribution in [3.05, 3.63) is 71.2 Å². The number of piperazine rings is 1. The molecule has 0 spiro atoms. The number of hydrogen-bond acceptors (Lipinski definition) is 4. The normalized spacial score (nSPS) is 14.9. The predicted molar refractivity (Wildman–Crippen MR) is 117 cm³/mol. The molecule has 3 aromatic carbocycles. The average Bonchev–Trinajstić information content (AvgIpc) is 2.74. The molecule has 0 atom stereocenters. The van der Waals surface area contributed by atoms with E-state index < -0.39 is 0 Å². The number of hydrogen-bond donors (Lipinski definition) is 1. The molecule has 3 aromatic rings. The summed E-state index contributed by atoms with van der Waals surface area (Å²) in [6.45, 7) is 3.94. The van der Waals surface area contributed by atoms with Crippen molar-refractivity contribution in [3.63, 3.8) is 0 Å². The molecule has 0 aliphatic carbocycles. The van der Waals surface area contributed by atoms with Crippen LogP contribution in [0.5, 0.6) is 5.75 Å². The lowest BCUT2D eigenvalue weighted by molar-refractivity contribution is -0.135. The summed E-state index contributed by atoms with van der Waals surface area (Å²) in [6.07, 6.45) is 0. The van der Waals surface area contributed by atoms with Gasteiger partial charge in [-0.2, -0.15) is 0 Å². The van der Waals surface area contributed by atoms with Crippen molar-refractivity contribution in [1.29, 1.82) is 0 Å². The fourth-order valence-corrected chi connectivity index (χ4v) is 3.72. The number of rotatable bonds is 5. The van der Waals surface area contributed by atoms with Crippen LogP contribution in [-0.2, 0) is 11.3 Å². The standard InChI is InChI=1S/C23H24ClN3O2/c24-20-7-5-17(6-8-20)15-26-9-11-27(12-10-26)23(28)16-29-22-14-19-4-2-1-3-18(19)13-21(22)25/h1-8,13-14H,9-12,15-16,25H2. The Kier molecular flexibility index (Phi) is 5.88. The number of nitrogen functional groups attached to an aromatic ring is 1. The molecule has 0 aromatic heterocycles. The zero-order valence-corrected chi connectivity index (χ0v) is 16.9. The summed E-state index contributed by atoms with van der Waals surface area (Å²) in [5.74, 6) is 0.544. The van der Waals surface area contributed by atoms with Crippen molar-refractivity contribution >= 4 is 34.0 Å². The molecule has 150 valence electrons. The van der Waals surface area contributed by atoms with Crippen LogP contribution in [0, 0.1) is 0 Å². The Bertz CT molecular complexity index is 999. The minimum absolute atomic E-state index is 0.000273. The van der Waals surface area contributed by atoms with Gasteiger partial charge in [-0.25, -0.2) is 0 Å². The molecule has 4 rings (SSSR count). The monoisotopic (exact) mass is 409 g/mol. The van der Waals surface area contributed by atoms with Crippen LogP contribution in [0.2, 0.25) is 5.02 Å². The SMILES string of the molecule is Nc1cc2ccccc2cc1OCC(=O)N1CCN(Cc2ccc(Cl)cc2)CC1. The van der Waals surface area contributed by atoms with Gasteiger partial charge in [0.2, 0.25) is 0 Å². The smallest absolute Gasteiger partial charge is 0.260 e. The first kappa shape index (κ1) is 19.6. The molecule has 6 heteroatoms. The van der Waals surface area contributed by atoms with E-state index in [-0.39, 0.29) is 12.5 Å². The van der Waals surface area contributed by atoms with Crippen LogP contribution in [0.15, 0.2) is 60.7 Å². The van der Waals surface area contributed by atoms with E-state index in [0.717, 1.165) is 35.4 Å². The van der Waals surface area contributed by atoms with Crippen molar-refractivity contribution in [2.24, 2.45) is 0 Å². The molecule has 1 amide bonds. The molecular weight excluding hydrogens is 386 g/mol. The Morgan fingerprint density at radius 2 is 1.62 bits per heavy atom. The Labute approximate surface area is 175 Å². The van der Waals surface area contributed by atoms with Crippen molar-refractivity contribution in [2.75, 3.05) is 38.5 Å². The number of benzene rings is 3. The third kappa shape index (κ3) is 4.81. The number of ether oxygens (including phenoxy) is 1. The van der Waals surface area contributed by atoms with Crippen LogP contribution in [0.3, 0.4) is 0 Å². The Morgan fingerprint density at radius 3 is 2.31 bits per heavy atom. The largest absolute Gasteiger partial charge is 0.482 e. The molecule has 0 radical (unpaired) electrons. The van der Waals surface area contributed by atoms with Gasteiger partial charge in [-0.05, 0) is 40.6 Å². The molecule has 29 heavy (non-hydrogen) atoms. The highest BCUT2D eigenvalue weighted by Gasteiger charge is 2.21. The van der Waals surface area contributed by atoms with Gasteiger partial charge in [0, 0.05) is 37.7 Å². The van der Waals surface area contributed by atoms with E-state index in [1.54, 1.807) is 0 Å². The highest BCUT2D eigenvalue weighted by molar-refractivity contribution is 6.30. The molecule has 1 aliphatic rings. The summed E-state index contributed by atoms with van der Waals surface area (Å²) in [4.78, 5) is 16.8. The number of nitrogens with two attached hydrogens (primary N) is 1. The van der Waals surface area contributed by atoms with Gasteiger partial charge in [0.05, 0.1) is 5.69 Å². The van der Waals surface area contributed by atoms with E-state index in [1.807, 2.05) is 65.6 Å². The van der Waals surface area contributed by atoms with Crippen LogP contribution >= 0.6 is 11.6 Å². The van der Waals surface area contributed by atoms with Crippen LogP contribution in [0.4, 0.5) is 5.69 Å². The number of carbonyl (C=O) groups excluding carboxylic acids is 1. The summed E-state index contributed by atoms with van der Waals surface area (Å²) < 4.78 is 5.75. The summed E-state index contributed by atoms with van der Waals surface area (Å²) >= 11 is 5.94. The first-order chi connectivity index (χ1) is 14.1. The maximum absolute atomic E-state index is 12.6. The van der Waals surface area contributed by atoms with Crippen LogP contribution in [0.25, 0.3) is 10.8 Å². The van der Waals surface area contributed by atoms with E-state index in [4.69, 9.17) is 22.1 Å². The first-order valence-corrected chi connectivity index (χ1v) is 10.1. The third-order valence-corrected chi connectivity index (χ3v) is 5.53. The van der Waals surface area contributed by atoms with Gasteiger partial charge in [0.1, 0.15) is 5.75 Å². The van der Waals surface area contributed by atoms with Gasteiger partial charge in [0.25, 0.3) is 5.91 Å². The van der Waals surface area contributed by atoms with Crippen LogP contribution < -0.4 is 10.5 Å². The number of fused-ring (bicyclic) bond motifs is 1. The molecule has 0 unspecified atom stereocenters. The maximum atomic E-state index is 12.6. The number of anilines is 1. The van der Waals surface area contributed by atoms with Crippen molar-refractivity contribution in [2.45, 2.75) is 6.54 Å². The second kappa shape index (κ2) is 8.72. The summed E-state index contributed by atoms with van der Waals surface area (Å²) in [7, 11) is 0. The van der Waals surface area contributed by atoms with Crippen LogP contribution in [0.1, 0.15) is 5.56 Å². The number of amides is 1. The van der Waals surface area contributed by atoms with E-state index in [9.17, 15) is 4.79 Å². The maximum Gasteiger partial charge on any atom is 0.260 e. The molecule has 1 fully saturated rings. The lowest BCUT2D eigenvalue weighted by atomic mass is 10.1. The van der Waals surface area contributed by atoms with E-state index in [2.05, 4.69) is 4.90 Å². The zero-order chi connectivity index (χ0) is 20.2. The molecule has 5 nitrogen and oxygen atoms in total. The quantitative estimate of drug-likeness (QED) is 0.651. The minimum Gasteiger partial charge on any atom is -0.482 e. The molecular formula is C23H24ClN3O2. The highest BCUT2D eigenvalue weighted by Crippen LogP contribution is 2.28. The zero-order valence-electron chi connectivity index (χ0n) is 16.2. The number of halogens is 1. The van der Waals surface area contributed by atoms with Crippen LogP contribution in [-0.4, -0.2) is 48.5 Å². The Hall–Kier alpha value is -2.76. The number of nitrogens with zero attached hydrogens (tertiary/aromatic N) is 2. The van der Waals surface area contributed by atoms with Crippen molar-refractivity contribution in [3.8, 4) is 5.75 Å². The van der Waals surface area contributed by atoms with Gasteiger partial charge in [-0.1, -0.05) is 48.0 Å². The fraction of sp³-hybridized carbons (Fsp3) is 0.261. The Morgan fingerprint density at radius 1 is 0.966 bits per heavy atom. The molecule has 1 saturated heterocycles. The lowest BCUT2D eigenvalue weighted by Crippen LogP contribution is -2.49.